The molecule has 1 aromatic rings. The molecule has 1 heterocycles. The second kappa shape index (κ2) is 5.39. The van der Waals surface area contributed by atoms with Crippen molar-refractivity contribution in [3.63, 3.8) is 0 Å². The molecule has 1 rings (SSSR count). The number of rotatable bonds is 5. The van der Waals surface area contributed by atoms with Crippen LogP contribution in [0.4, 0.5) is 0 Å². The second-order valence-corrected chi connectivity index (χ2v) is 2.96. The summed E-state index contributed by atoms with van der Waals surface area (Å²) in [6.07, 6.45) is 8.72. The highest BCUT2D eigenvalue weighted by Gasteiger charge is 1.98. The number of hydrogen-bond donors (Lipinski definition) is 2. The van der Waals surface area contributed by atoms with E-state index in [0.717, 1.165) is 37.3 Å². The highest BCUT2D eigenvalue weighted by molar-refractivity contribution is 5.07. The van der Waals surface area contributed by atoms with Crippen LogP contribution in [0.3, 0.4) is 0 Å². The van der Waals surface area contributed by atoms with Crippen LogP contribution < -0.4 is 5.32 Å². The first-order valence-electron chi connectivity index (χ1n) is 4.47. The molecule has 0 atom stereocenters. The lowest BCUT2D eigenvalue weighted by molar-refractivity contribution is 0.649. The predicted octanol–water partition coefficient (Wildman–Crippen LogP) is 1.22. The Bertz CT molecular complexity index is 283. The molecule has 0 radical (unpaired) electrons. The van der Waals surface area contributed by atoms with E-state index in [1.54, 1.807) is 6.33 Å². The van der Waals surface area contributed by atoms with E-state index in [0.29, 0.717) is 0 Å². The average molecular weight is 177 g/mol. The highest BCUT2D eigenvalue weighted by Crippen LogP contribution is 1.98. The maximum Gasteiger partial charge on any atom is 0.0925 e. The van der Waals surface area contributed by atoms with Gasteiger partial charge >= 0.3 is 0 Å². The fourth-order valence-corrected chi connectivity index (χ4v) is 1.09. The molecule has 0 aliphatic rings. The van der Waals surface area contributed by atoms with Gasteiger partial charge in [-0.2, -0.15) is 0 Å². The zero-order valence-electron chi connectivity index (χ0n) is 7.93. The van der Waals surface area contributed by atoms with Crippen LogP contribution >= 0.6 is 0 Å². The first-order valence-corrected chi connectivity index (χ1v) is 4.47. The SMILES string of the molecule is C#CCCCNCc1nc[nH]c1C. The van der Waals surface area contributed by atoms with Gasteiger partial charge in [0.2, 0.25) is 0 Å². The van der Waals surface area contributed by atoms with Gasteiger partial charge < -0.3 is 10.3 Å². The van der Waals surface area contributed by atoms with Gasteiger partial charge in [-0.05, 0) is 19.9 Å². The van der Waals surface area contributed by atoms with Crippen molar-refractivity contribution in [2.45, 2.75) is 26.3 Å². The quantitative estimate of drug-likeness (QED) is 0.524. The van der Waals surface area contributed by atoms with E-state index in [1.807, 2.05) is 6.92 Å². The second-order valence-electron chi connectivity index (χ2n) is 2.96. The normalized spacial score (nSPS) is 9.85. The van der Waals surface area contributed by atoms with E-state index in [-0.39, 0.29) is 0 Å². The molecule has 0 bridgehead atoms. The summed E-state index contributed by atoms with van der Waals surface area (Å²) in [5, 5.41) is 3.29. The predicted molar refractivity (Wildman–Crippen MR) is 53.1 cm³/mol. The van der Waals surface area contributed by atoms with Gasteiger partial charge in [0, 0.05) is 18.7 Å². The molecule has 0 aromatic carbocycles. The molecule has 3 heteroatoms. The Morgan fingerprint density at radius 2 is 2.54 bits per heavy atom. The summed E-state index contributed by atoms with van der Waals surface area (Å²) in [4.78, 5) is 7.21. The highest BCUT2D eigenvalue weighted by atomic mass is 14.9. The van der Waals surface area contributed by atoms with Gasteiger partial charge in [-0.25, -0.2) is 4.98 Å². The lowest BCUT2D eigenvalue weighted by atomic mass is 10.3. The van der Waals surface area contributed by atoms with Gasteiger partial charge in [-0.15, -0.1) is 12.3 Å². The number of imidazole rings is 1. The van der Waals surface area contributed by atoms with Crippen LogP contribution in [0.1, 0.15) is 24.2 Å². The molecule has 0 unspecified atom stereocenters. The van der Waals surface area contributed by atoms with Crippen LogP contribution in [-0.4, -0.2) is 16.5 Å². The molecule has 0 aliphatic heterocycles. The molecule has 0 saturated heterocycles. The summed E-state index contributed by atoms with van der Waals surface area (Å²) in [5.41, 5.74) is 2.21. The number of aromatic amines is 1. The summed E-state index contributed by atoms with van der Waals surface area (Å²) in [6, 6.07) is 0. The van der Waals surface area contributed by atoms with Gasteiger partial charge in [0.25, 0.3) is 0 Å². The van der Waals surface area contributed by atoms with Crippen LogP contribution in [0.2, 0.25) is 0 Å². The fraction of sp³-hybridized carbons (Fsp3) is 0.500. The van der Waals surface area contributed by atoms with Crippen molar-refractivity contribution in [2.75, 3.05) is 6.54 Å². The summed E-state index contributed by atoms with van der Waals surface area (Å²) in [7, 11) is 0. The molecule has 0 spiro atoms. The van der Waals surface area contributed by atoms with Gasteiger partial charge in [-0.3, -0.25) is 0 Å². The van der Waals surface area contributed by atoms with Crippen LogP contribution in [0.25, 0.3) is 0 Å². The number of nitrogens with one attached hydrogen (secondary N) is 2. The number of unbranched alkanes of at least 4 members (excludes halogenated alkanes) is 1. The zero-order chi connectivity index (χ0) is 9.52. The van der Waals surface area contributed by atoms with Crippen LogP contribution in [0, 0.1) is 19.3 Å². The number of hydrogen-bond acceptors (Lipinski definition) is 2. The van der Waals surface area contributed by atoms with Crippen molar-refractivity contribution in [1.29, 1.82) is 0 Å². The molecule has 13 heavy (non-hydrogen) atoms. The standard InChI is InChI=1S/C10H15N3/c1-3-4-5-6-11-7-10-9(2)12-8-13-10/h1,8,11H,4-7H2,2H3,(H,12,13). The monoisotopic (exact) mass is 177 g/mol. The van der Waals surface area contributed by atoms with Gasteiger partial charge in [0.1, 0.15) is 0 Å². The lowest BCUT2D eigenvalue weighted by Crippen LogP contribution is -2.15. The molecule has 3 nitrogen and oxygen atoms in total. The minimum atomic E-state index is 0.819. The third-order valence-electron chi connectivity index (χ3n) is 1.90. The maximum absolute atomic E-state index is 5.13. The Labute approximate surface area is 79.0 Å². The first-order chi connectivity index (χ1) is 6.34. The fourth-order valence-electron chi connectivity index (χ4n) is 1.09. The maximum atomic E-state index is 5.13. The van der Waals surface area contributed by atoms with E-state index >= 15 is 0 Å². The van der Waals surface area contributed by atoms with E-state index in [9.17, 15) is 0 Å². The molecular weight excluding hydrogens is 162 g/mol. The molecule has 0 fully saturated rings. The molecule has 0 amide bonds. The third kappa shape index (κ3) is 3.30. The smallest absolute Gasteiger partial charge is 0.0925 e. The van der Waals surface area contributed by atoms with E-state index in [1.165, 1.54) is 0 Å². The van der Waals surface area contributed by atoms with Gasteiger partial charge in [0.15, 0.2) is 0 Å². The van der Waals surface area contributed by atoms with E-state index in [4.69, 9.17) is 6.42 Å². The first kappa shape index (κ1) is 9.82. The summed E-state index contributed by atoms with van der Waals surface area (Å²) >= 11 is 0. The number of terminal acetylenes is 1. The lowest BCUT2D eigenvalue weighted by Gasteiger charge is -2.00. The van der Waals surface area contributed by atoms with Crippen molar-refractivity contribution in [3.8, 4) is 12.3 Å². The van der Waals surface area contributed by atoms with Crippen LogP contribution in [0.5, 0.6) is 0 Å². The molecule has 2 N–H and O–H groups in total. The van der Waals surface area contributed by atoms with Crippen molar-refractivity contribution in [2.24, 2.45) is 0 Å². The van der Waals surface area contributed by atoms with Gasteiger partial charge in [0.05, 0.1) is 12.0 Å². The Kier molecular flexibility index (Phi) is 4.07. The summed E-state index contributed by atoms with van der Waals surface area (Å²) < 4.78 is 0. The van der Waals surface area contributed by atoms with Crippen molar-refractivity contribution >= 4 is 0 Å². The average Bonchev–Trinajstić information content (AvgIpc) is 2.52. The largest absolute Gasteiger partial charge is 0.348 e. The molecule has 70 valence electrons. The Hall–Kier alpha value is -1.27. The van der Waals surface area contributed by atoms with Crippen molar-refractivity contribution < 1.29 is 0 Å². The summed E-state index contributed by atoms with van der Waals surface area (Å²) in [5.74, 6) is 2.61. The molecule has 0 aliphatic carbocycles. The molecule has 0 saturated carbocycles. The van der Waals surface area contributed by atoms with Crippen LogP contribution in [-0.2, 0) is 6.54 Å². The van der Waals surface area contributed by atoms with Crippen molar-refractivity contribution in [1.82, 2.24) is 15.3 Å². The number of aromatic nitrogens is 2. The summed E-state index contributed by atoms with van der Waals surface area (Å²) in [6.45, 7) is 3.79. The number of nitrogens with zero attached hydrogens (tertiary/aromatic N) is 1. The molecular formula is C10H15N3. The Morgan fingerprint density at radius 3 is 3.15 bits per heavy atom. The van der Waals surface area contributed by atoms with E-state index in [2.05, 4.69) is 21.2 Å². The minimum Gasteiger partial charge on any atom is -0.348 e. The van der Waals surface area contributed by atoms with Crippen LogP contribution in [0.15, 0.2) is 6.33 Å². The third-order valence-corrected chi connectivity index (χ3v) is 1.90. The topological polar surface area (TPSA) is 40.7 Å². The van der Waals surface area contributed by atoms with E-state index < -0.39 is 0 Å². The number of aryl methyl sites for hydroxylation is 1. The minimum absolute atomic E-state index is 0.819. The zero-order valence-corrected chi connectivity index (χ0v) is 7.93. The Morgan fingerprint density at radius 1 is 1.69 bits per heavy atom. The molecule has 1 aromatic heterocycles. The van der Waals surface area contributed by atoms with Crippen molar-refractivity contribution in [3.05, 3.63) is 17.7 Å². The Balaban J connectivity index is 2.14. The van der Waals surface area contributed by atoms with Gasteiger partial charge in [-0.1, -0.05) is 0 Å². The number of H-pyrrole nitrogens is 1.